The molecule has 0 radical (unpaired) electrons. The van der Waals surface area contributed by atoms with Crippen LogP contribution >= 0.6 is 0 Å². The molecule has 1 aromatic heterocycles. The quantitative estimate of drug-likeness (QED) is 0.843. The van der Waals surface area contributed by atoms with E-state index in [-0.39, 0.29) is 23.8 Å². The molecule has 2 aromatic rings. The Hall–Kier alpha value is -2.30. The van der Waals surface area contributed by atoms with E-state index in [0.29, 0.717) is 19.0 Å². The Morgan fingerprint density at radius 2 is 1.81 bits per heavy atom. The maximum absolute atomic E-state index is 12.9. The second-order valence-corrected chi connectivity index (χ2v) is 7.69. The zero-order valence-electron chi connectivity index (χ0n) is 15.5. The lowest BCUT2D eigenvalue weighted by Gasteiger charge is -2.34. The van der Waals surface area contributed by atoms with Gasteiger partial charge in [-0.1, -0.05) is 18.2 Å². The number of hydrogen-bond donors (Lipinski definition) is 0. The van der Waals surface area contributed by atoms with E-state index in [4.69, 9.17) is 4.42 Å². The highest BCUT2D eigenvalue weighted by atomic mass is 16.3. The SMILES string of the molecule is C[C@@H](c1cc2ccccc2o1)N(C)C(=O)C1CCN(C(=O)C2CC2)CC1. The third-order valence-electron chi connectivity index (χ3n) is 5.87. The molecule has 0 unspecified atom stereocenters. The summed E-state index contributed by atoms with van der Waals surface area (Å²) in [5, 5.41) is 1.06. The molecule has 0 spiro atoms. The average Bonchev–Trinajstić information content (AvgIpc) is 3.44. The van der Waals surface area contributed by atoms with Gasteiger partial charge in [-0.15, -0.1) is 0 Å². The molecule has 1 saturated heterocycles. The van der Waals surface area contributed by atoms with Gasteiger partial charge in [0.25, 0.3) is 0 Å². The number of likely N-dealkylation sites (tertiary alicyclic amines) is 1. The van der Waals surface area contributed by atoms with Crippen molar-refractivity contribution in [1.29, 1.82) is 0 Å². The van der Waals surface area contributed by atoms with E-state index < -0.39 is 0 Å². The van der Waals surface area contributed by atoms with Crippen molar-refractivity contribution in [2.45, 2.75) is 38.6 Å². The summed E-state index contributed by atoms with van der Waals surface area (Å²) in [6.45, 7) is 3.42. The van der Waals surface area contributed by atoms with Gasteiger partial charge in [-0.05, 0) is 44.7 Å². The molecule has 2 amide bonds. The van der Waals surface area contributed by atoms with Crippen LogP contribution < -0.4 is 0 Å². The van der Waals surface area contributed by atoms with E-state index in [2.05, 4.69) is 0 Å². The molecule has 2 aliphatic rings. The summed E-state index contributed by atoms with van der Waals surface area (Å²) in [7, 11) is 1.85. The number of benzene rings is 1. The third kappa shape index (κ3) is 3.22. The second kappa shape index (κ2) is 6.78. The van der Waals surface area contributed by atoms with E-state index in [1.54, 1.807) is 4.90 Å². The van der Waals surface area contributed by atoms with Gasteiger partial charge in [0.05, 0.1) is 6.04 Å². The van der Waals surface area contributed by atoms with Crippen LogP contribution in [0.2, 0.25) is 0 Å². The molecule has 0 N–H and O–H groups in total. The van der Waals surface area contributed by atoms with Gasteiger partial charge in [0.15, 0.2) is 0 Å². The second-order valence-electron chi connectivity index (χ2n) is 7.69. The van der Waals surface area contributed by atoms with Crippen LogP contribution in [0.15, 0.2) is 34.7 Å². The van der Waals surface area contributed by atoms with E-state index in [0.717, 1.165) is 42.4 Å². The lowest BCUT2D eigenvalue weighted by atomic mass is 9.94. The summed E-state index contributed by atoms with van der Waals surface area (Å²) in [6, 6.07) is 9.80. The molecule has 4 rings (SSSR count). The smallest absolute Gasteiger partial charge is 0.226 e. The van der Waals surface area contributed by atoms with E-state index in [1.165, 1.54) is 0 Å². The number of amides is 2. The molecule has 5 nitrogen and oxygen atoms in total. The predicted octanol–water partition coefficient (Wildman–Crippen LogP) is 3.60. The minimum atomic E-state index is -0.110. The van der Waals surface area contributed by atoms with Crippen LogP contribution in [0.5, 0.6) is 0 Å². The number of carbonyl (C=O) groups excluding carboxylic acids is 2. The normalized spacial score (nSPS) is 19.5. The van der Waals surface area contributed by atoms with Crippen LogP contribution in [0, 0.1) is 11.8 Å². The molecule has 1 saturated carbocycles. The summed E-state index contributed by atoms with van der Waals surface area (Å²) in [6.07, 6.45) is 3.59. The highest BCUT2D eigenvalue weighted by Gasteiger charge is 2.37. The molecule has 5 heteroatoms. The van der Waals surface area contributed by atoms with Gasteiger partial charge in [-0.3, -0.25) is 9.59 Å². The maximum atomic E-state index is 12.9. The van der Waals surface area contributed by atoms with Gasteiger partial charge in [0.2, 0.25) is 11.8 Å². The Morgan fingerprint density at radius 3 is 2.46 bits per heavy atom. The van der Waals surface area contributed by atoms with Crippen molar-refractivity contribution >= 4 is 22.8 Å². The Balaban J connectivity index is 1.38. The summed E-state index contributed by atoms with van der Waals surface area (Å²) in [5.41, 5.74) is 0.849. The molecule has 1 aliphatic carbocycles. The summed E-state index contributed by atoms with van der Waals surface area (Å²) in [4.78, 5) is 28.8. The first-order chi connectivity index (χ1) is 12.5. The third-order valence-corrected chi connectivity index (χ3v) is 5.87. The number of piperidine rings is 1. The lowest BCUT2D eigenvalue weighted by molar-refractivity contribution is -0.141. The molecular formula is C21H26N2O3. The van der Waals surface area contributed by atoms with E-state index >= 15 is 0 Å². The van der Waals surface area contributed by atoms with Gasteiger partial charge >= 0.3 is 0 Å². The zero-order valence-corrected chi connectivity index (χ0v) is 15.5. The molecule has 26 heavy (non-hydrogen) atoms. The Kier molecular flexibility index (Phi) is 4.47. The lowest BCUT2D eigenvalue weighted by Crippen LogP contribution is -2.44. The van der Waals surface area contributed by atoms with Gasteiger partial charge in [0.1, 0.15) is 11.3 Å². The van der Waals surface area contributed by atoms with Crippen molar-refractivity contribution in [3.8, 4) is 0 Å². The standard InChI is InChI=1S/C21H26N2O3/c1-14(19-13-17-5-3-4-6-18(17)26-19)22(2)20(24)16-9-11-23(12-10-16)21(25)15-7-8-15/h3-6,13-16H,7-12H2,1-2H3/t14-/m0/s1. The van der Waals surface area contributed by atoms with Gasteiger partial charge in [0, 0.05) is 37.4 Å². The first kappa shape index (κ1) is 17.1. The Labute approximate surface area is 153 Å². The molecule has 1 aliphatic heterocycles. The Bertz CT molecular complexity index is 783. The number of carbonyl (C=O) groups is 2. The minimum absolute atomic E-state index is 0.00455. The minimum Gasteiger partial charge on any atom is -0.459 e. The number of hydrogen-bond acceptors (Lipinski definition) is 3. The summed E-state index contributed by atoms with van der Waals surface area (Å²) in [5.74, 6) is 1.51. The van der Waals surface area contributed by atoms with Crippen molar-refractivity contribution in [1.82, 2.24) is 9.80 Å². The number of fused-ring (bicyclic) bond motifs is 1. The van der Waals surface area contributed by atoms with Crippen molar-refractivity contribution in [2.75, 3.05) is 20.1 Å². The number of furan rings is 1. The maximum Gasteiger partial charge on any atom is 0.226 e. The van der Waals surface area contributed by atoms with E-state index in [1.807, 2.05) is 49.2 Å². The van der Waals surface area contributed by atoms with Crippen molar-refractivity contribution in [2.24, 2.45) is 11.8 Å². The van der Waals surface area contributed by atoms with Crippen LogP contribution in [0.25, 0.3) is 11.0 Å². The fourth-order valence-electron chi connectivity index (χ4n) is 3.81. The van der Waals surface area contributed by atoms with Crippen LogP contribution in [0.1, 0.15) is 44.4 Å². The fraction of sp³-hybridized carbons (Fsp3) is 0.524. The van der Waals surface area contributed by atoms with Gasteiger partial charge < -0.3 is 14.2 Å². The van der Waals surface area contributed by atoms with Crippen LogP contribution in [-0.4, -0.2) is 41.8 Å². The predicted molar refractivity (Wildman–Crippen MR) is 99.4 cm³/mol. The van der Waals surface area contributed by atoms with Crippen LogP contribution in [0.4, 0.5) is 0 Å². The summed E-state index contributed by atoms with van der Waals surface area (Å²) >= 11 is 0. The molecule has 1 aromatic carbocycles. The molecular weight excluding hydrogens is 328 g/mol. The van der Waals surface area contributed by atoms with Crippen LogP contribution in [-0.2, 0) is 9.59 Å². The van der Waals surface area contributed by atoms with Crippen LogP contribution in [0.3, 0.4) is 0 Å². The monoisotopic (exact) mass is 354 g/mol. The zero-order chi connectivity index (χ0) is 18.3. The van der Waals surface area contributed by atoms with Crippen molar-refractivity contribution < 1.29 is 14.0 Å². The highest BCUT2D eigenvalue weighted by Crippen LogP contribution is 2.33. The first-order valence-corrected chi connectivity index (χ1v) is 9.58. The highest BCUT2D eigenvalue weighted by molar-refractivity contribution is 5.83. The van der Waals surface area contributed by atoms with Gasteiger partial charge in [-0.25, -0.2) is 0 Å². The number of rotatable bonds is 4. The van der Waals surface area contributed by atoms with Crippen molar-refractivity contribution in [3.05, 3.63) is 36.1 Å². The van der Waals surface area contributed by atoms with Gasteiger partial charge in [-0.2, -0.15) is 0 Å². The first-order valence-electron chi connectivity index (χ1n) is 9.58. The molecule has 1 atom stereocenters. The fourth-order valence-corrected chi connectivity index (χ4v) is 3.81. The van der Waals surface area contributed by atoms with Crippen molar-refractivity contribution in [3.63, 3.8) is 0 Å². The number of para-hydroxylation sites is 1. The molecule has 138 valence electrons. The average molecular weight is 354 g/mol. The largest absolute Gasteiger partial charge is 0.459 e. The summed E-state index contributed by atoms with van der Waals surface area (Å²) < 4.78 is 5.92. The molecule has 0 bridgehead atoms. The topological polar surface area (TPSA) is 53.8 Å². The molecule has 2 fully saturated rings. The number of nitrogens with zero attached hydrogens (tertiary/aromatic N) is 2. The molecule has 2 heterocycles. The Morgan fingerprint density at radius 1 is 1.12 bits per heavy atom. The van der Waals surface area contributed by atoms with E-state index in [9.17, 15) is 9.59 Å².